The molecule has 0 aliphatic rings. The molecule has 1 N–H and O–H groups in total. The number of carbonyl (C=O) groups is 1. The van der Waals surface area contributed by atoms with Crippen LogP contribution in [0.15, 0.2) is 59.6 Å². The number of benzene rings is 2. The van der Waals surface area contributed by atoms with E-state index in [0.717, 1.165) is 37.4 Å². The van der Waals surface area contributed by atoms with Gasteiger partial charge in [-0.25, -0.2) is 9.37 Å². The minimum Gasteiger partial charge on any atom is -0.347 e. The Morgan fingerprint density at radius 1 is 1.21 bits per heavy atom. The van der Waals surface area contributed by atoms with Crippen LogP contribution < -0.4 is 5.32 Å². The molecule has 0 atom stereocenters. The van der Waals surface area contributed by atoms with Gasteiger partial charge < -0.3 is 5.32 Å². The summed E-state index contributed by atoms with van der Waals surface area (Å²) in [5, 5.41) is 3.03. The summed E-state index contributed by atoms with van der Waals surface area (Å²) in [6.45, 7) is 4.54. The second-order valence-electron chi connectivity index (χ2n) is 6.51. The molecule has 4 aromatic rings. The van der Waals surface area contributed by atoms with Gasteiger partial charge in [0.15, 0.2) is 4.96 Å². The van der Waals surface area contributed by atoms with E-state index in [2.05, 4.69) is 17.2 Å². The first kappa shape index (κ1) is 19.7. The van der Waals surface area contributed by atoms with Crippen LogP contribution in [0.25, 0.3) is 16.2 Å². The van der Waals surface area contributed by atoms with Crippen LogP contribution in [0.3, 0.4) is 0 Å². The average molecular weight is 426 g/mol. The van der Waals surface area contributed by atoms with E-state index in [1.807, 2.05) is 41.8 Å². The third-order valence-corrected chi connectivity index (χ3v) is 6.75. The molecule has 0 unspecified atom stereocenters. The van der Waals surface area contributed by atoms with Crippen molar-refractivity contribution in [3.8, 4) is 11.3 Å². The van der Waals surface area contributed by atoms with Crippen LogP contribution in [0.5, 0.6) is 0 Å². The van der Waals surface area contributed by atoms with E-state index in [4.69, 9.17) is 0 Å². The molecule has 7 heteroatoms. The van der Waals surface area contributed by atoms with Crippen LogP contribution in [0, 0.1) is 12.7 Å². The molecule has 0 aliphatic heterocycles. The zero-order valence-corrected chi connectivity index (χ0v) is 17.7. The van der Waals surface area contributed by atoms with Crippen molar-refractivity contribution in [2.24, 2.45) is 0 Å². The first-order valence-electron chi connectivity index (χ1n) is 9.30. The molecular weight excluding hydrogens is 405 g/mol. The fraction of sp³-hybridized carbons (Fsp3) is 0.182. The number of halogens is 1. The first-order chi connectivity index (χ1) is 14.1. The van der Waals surface area contributed by atoms with Gasteiger partial charge in [0.25, 0.3) is 5.91 Å². The summed E-state index contributed by atoms with van der Waals surface area (Å²) in [5.74, 6) is 0.587. The molecule has 2 aromatic carbocycles. The number of amides is 1. The van der Waals surface area contributed by atoms with Gasteiger partial charge in [0.1, 0.15) is 5.82 Å². The number of hydrogen-bond donors (Lipinski definition) is 1. The summed E-state index contributed by atoms with van der Waals surface area (Å²) in [7, 11) is 0. The van der Waals surface area contributed by atoms with E-state index in [0.29, 0.717) is 12.1 Å². The highest BCUT2D eigenvalue weighted by atomic mass is 32.2. The fourth-order valence-corrected chi connectivity index (χ4v) is 4.95. The Bertz CT molecular complexity index is 1160. The maximum Gasteiger partial charge on any atom is 0.252 e. The summed E-state index contributed by atoms with van der Waals surface area (Å²) in [6, 6.07) is 14.0. The highest BCUT2D eigenvalue weighted by molar-refractivity contribution is 7.99. The topological polar surface area (TPSA) is 46.4 Å². The van der Waals surface area contributed by atoms with Crippen molar-refractivity contribution in [2.75, 3.05) is 5.75 Å². The smallest absolute Gasteiger partial charge is 0.252 e. The second kappa shape index (κ2) is 8.39. The predicted octanol–water partition coefficient (Wildman–Crippen LogP) is 5.55. The number of thioether (sulfide) groups is 1. The van der Waals surface area contributed by atoms with Gasteiger partial charge in [-0.15, -0.1) is 11.8 Å². The molecule has 0 radical (unpaired) electrons. The van der Waals surface area contributed by atoms with Gasteiger partial charge in [-0.2, -0.15) is 0 Å². The number of rotatable bonds is 6. The highest BCUT2D eigenvalue weighted by Gasteiger charge is 2.15. The fourth-order valence-electron chi connectivity index (χ4n) is 3.11. The Hall–Kier alpha value is -2.64. The van der Waals surface area contributed by atoms with Crippen molar-refractivity contribution in [3.63, 3.8) is 0 Å². The SMILES string of the molecule is CCSc1ccccc1C(=O)NCc1sc2nc(-c3ccc(F)cc3)cn2c1C. The lowest BCUT2D eigenvalue weighted by Gasteiger charge is -2.09. The number of nitrogens with one attached hydrogen (secondary N) is 1. The number of hydrogen-bond acceptors (Lipinski definition) is 4. The van der Waals surface area contributed by atoms with E-state index in [1.165, 1.54) is 12.1 Å². The monoisotopic (exact) mass is 425 g/mol. The summed E-state index contributed by atoms with van der Waals surface area (Å²) < 4.78 is 15.2. The lowest BCUT2D eigenvalue weighted by atomic mass is 10.2. The molecule has 0 bridgehead atoms. The number of imidazole rings is 1. The Labute approximate surface area is 176 Å². The van der Waals surface area contributed by atoms with E-state index >= 15 is 0 Å². The third-order valence-electron chi connectivity index (χ3n) is 4.63. The molecular formula is C22H20FN3OS2. The van der Waals surface area contributed by atoms with Crippen LogP contribution in [-0.4, -0.2) is 21.0 Å². The molecule has 0 fully saturated rings. The number of aryl methyl sites for hydroxylation is 1. The lowest BCUT2D eigenvalue weighted by Crippen LogP contribution is -2.23. The van der Waals surface area contributed by atoms with E-state index in [9.17, 15) is 9.18 Å². The van der Waals surface area contributed by atoms with Gasteiger partial charge in [0.05, 0.1) is 17.8 Å². The Balaban J connectivity index is 1.52. The van der Waals surface area contributed by atoms with Crippen molar-refractivity contribution in [3.05, 3.63) is 76.7 Å². The zero-order valence-electron chi connectivity index (χ0n) is 16.1. The Kier molecular flexibility index (Phi) is 5.69. The van der Waals surface area contributed by atoms with Crippen molar-refractivity contribution in [1.29, 1.82) is 0 Å². The van der Waals surface area contributed by atoms with Crippen molar-refractivity contribution >= 4 is 34.0 Å². The average Bonchev–Trinajstić information content (AvgIpc) is 3.27. The van der Waals surface area contributed by atoms with Crippen LogP contribution >= 0.6 is 23.1 Å². The summed E-state index contributed by atoms with van der Waals surface area (Å²) in [6.07, 6.45) is 1.95. The van der Waals surface area contributed by atoms with Gasteiger partial charge in [0.2, 0.25) is 0 Å². The van der Waals surface area contributed by atoms with E-state index < -0.39 is 0 Å². The molecule has 2 heterocycles. The van der Waals surface area contributed by atoms with Gasteiger partial charge >= 0.3 is 0 Å². The minimum atomic E-state index is -0.261. The first-order valence-corrected chi connectivity index (χ1v) is 11.1. The lowest BCUT2D eigenvalue weighted by molar-refractivity contribution is 0.0948. The zero-order chi connectivity index (χ0) is 20.4. The Morgan fingerprint density at radius 2 is 1.97 bits per heavy atom. The minimum absolute atomic E-state index is 0.0704. The van der Waals surface area contributed by atoms with Gasteiger partial charge in [-0.1, -0.05) is 30.4 Å². The number of nitrogens with zero attached hydrogens (tertiary/aromatic N) is 2. The van der Waals surface area contributed by atoms with Crippen molar-refractivity contribution in [1.82, 2.24) is 14.7 Å². The number of aromatic nitrogens is 2. The van der Waals surface area contributed by atoms with Crippen LogP contribution in [0.4, 0.5) is 4.39 Å². The molecule has 0 spiro atoms. The van der Waals surface area contributed by atoms with Crippen LogP contribution in [0.1, 0.15) is 27.9 Å². The molecule has 0 aliphatic carbocycles. The van der Waals surface area contributed by atoms with Crippen molar-refractivity contribution in [2.45, 2.75) is 25.3 Å². The molecule has 4 nitrogen and oxygen atoms in total. The maximum absolute atomic E-state index is 13.1. The second-order valence-corrected chi connectivity index (χ2v) is 8.88. The highest BCUT2D eigenvalue weighted by Crippen LogP contribution is 2.28. The van der Waals surface area contributed by atoms with Gasteiger partial charge in [-0.05, 0) is 49.1 Å². The molecule has 148 valence electrons. The summed E-state index contributed by atoms with van der Waals surface area (Å²) in [4.78, 5) is 20.2. The van der Waals surface area contributed by atoms with Crippen molar-refractivity contribution < 1.29 is 9.18 Å². The van der Waals surface area contributed by atoms with E-state index in [-0.39, 0.29) is 11.7 Å². The summed E-state index contributed by atoms with van der Waals surface area (Å²) >= 11 is 3.22. The van der Waals surface area contributed by atoms with Crippen LogP contribution in [0.2, 0.25) is 0 Å². The molecule has 0 saturated heterocycles. The quantitative estimate of drug-likeness (QED) is 0.412. The third kappa shape index (κ3) is 4.06. The van der Waals surface area contributed by atoms with Crippen LogP contribution in [-0.2, 0) is 6.54 Å². The maximum atomic E-state index is 13.1. The molecule has 2 aromatic heterocycles. The number of fused-ring (bicyclic) bond motifs is 1. The standard InChI is InChI=1S/C22H20FN3OS2/c1-3-28-19-7-5-4-6-17(19)21(27)24-12-20-14(2)26-13-18(25-22(26)29-20)15-8-10-16(23)11-9-15/h4-11,13H,3,12H2,1-2H3,(H,24,27). The normalized spacial score (nSPS) is 11.1. The largest absolute Gasteiger partial charge is 0.347 e. The predicted molar refractivity (Wildman–Crippen MR) is 117 cm³/mol. The molecule has 4 rings (SSSR count). The molecule has 1 amide bonds. The van der Waals surface area contributed by atoms with Gasteiger partial charge in [-0.3, -0.25) is 9.20 Å². The molecule has 0 saturated carbocycles. The number of thiazole rings is 1. The van der Waals surface area contributed by atoms with E-state index in [1.54, 1.807) is 35.2 Å². The van der Waals surface area contributed by atoms with Gasteiger partial charge in [0, 0.05) is 27.2 Å². The summed E-state index contributed by atoms with van der Waals surface area (Å²) in [5.41, 5.74) is 3.43. The molecule has 29 heavy (non-hydrogen) atoms. The number of carbonyl (C=O) groups excluding carboxylic acids is 1. The Morgan fingerprint density at radius 3 is 2.69 bits per heavy atom.